The molecule has 1 aliphatic heterocycles. The van der Waals surface area contributed by atoms with Gasteiger partial charge in [0.2, 0.25) is 0 Å². The van der Waals surface area contributed by atoms with Crippen LogP contribution in [0.3, 0.4) is 0 Å². The maximum absolute atomic E-state index is 4.31. The first-order valence-corrected chi connectivity index (χ1v) is 6.98. The predicted molar refractivity (Wildman–Crippen MR) is 74.6 cm³/mol. The number of hydrogen-bond donors (Lipinski definition) is 1. The van der Waals surface area contributed by atoms with Crippen LogP contribution in [0.4, 0.5) is 0 Å². The Bertz CT molecular complexity index is 377. The van der Waals surface area contributed by atoms with Gasteiger partial charge in [0.15, 0.2) is 0 Å². The normalized spacial score (nSPS) is 20.2. The summed E-state index contributed by atoms with van der Waals surface area (Å²) in [4.78, 5) is 2.42. The fourth-order valence-electron chi connectivity index (χ4n) is 2.66. The molecule has 0 saturated carbocycles. The van der Waals surface area contributed by atoms with Crippen LogP contribution >= 0.6 is 0 Å². The molecule has 1 aromatic rings. The van der Waals surface area contributed by atoms with E-state index in [1.54, 1.807) is 0 Å². The van der Waals surface area contributed by atoms with Gasteiger partial charge in [-0.05, 0) is 59.3 Å². The molecule has 4 heteroatoms. The van der Waals surface area contributed by atoms with Crippen LogP contribution in [0.1, 0.15) is 37.1 Å². The summed E-state index contributed by atoms with van der Waals surface area (Å²) in [5.74, 6) is 0.834. The van der Waals surface area contributed by atoms with E-state index in [-0.39, 0.29) is 0 Å². The van der Waals surface area contributed by atoms with E-state index in [0.29, 0.717) is 6.04 Å². The van der Waals surface area contributed by atoms with Crippen molar-refractivity contribution in [3.8, 4) is 0 Å². The van der Waals surface area contributed by atoms with Gasteiger partial charge < -0.3 is 10.2 Å². The van der Waals surface area contributed by atoms with E-state index >= 15 is 0 Å². The highest BCUT2D eigenvalue weighted by molar-refractivity contribution is 5.19. The first kappa shape index (κ1) is 13.6. The molecule has 2 rings (SSSR count). The number of likely N-dealkylation sites (tertiary alicyclic amines) is 1. The van der Waals surface area contributed by atoms with Crippen LogP contribution in [0.5, 0.6) is 0 Å². The lowest BCUT2D eigenvalue weighted by molar-refractivity contribution is 0.213. The summed E-state index contributed by atoms with van der Waals surface area (Å²) >= 11 is 0. The second-order valence-corrected chi connectivity index (χ2v) is 5.69. The van der Waals surface area contributed by atoms with Crippen molar-refractivity contribution in [1.82, 2.24) is 20.0 Å². The molecule has 4 nitrogen and oxygen atoms in total. The Morgan fingerprint density at radius 2 is 2.06 bits per heavy atom. The van der Waals surface area contributed by atoms with E-state index in [0.717, 1.165) is 12.5 Å². The molecule has 18 heavy (non-hydrogen) atoms. The van der Waals surface area contributed by atoms with Crippen LogP contribution in [0, 0.1) is 12.8 Å². The molecular weight excluding hydrogens is 224 g/mol. The zero-order valence-corrected chi connectivity index (χ0v) is 12.1. The van der Waals surface area contributed by atoms with Crippen molar-refractivity contribution in [2.45, 2.75) is 32.7 Å². The molecule has 2 heterocycles. The fourth-order valence-corrected chi connectivity index (χ4v) is 2.66. The van der Waals surface area contributed by atoms with Crippen LogP contribution in [-0.2, 0) is 7.05 Å². The molecule has 0 aliphatic carbocycles. The fraction of sp³-hybridized carbons (Fsp3) is 0.786. The van der Waals surface area contributed by atoms with Crippen molar-refractivity contribution >= 4 is 0 Å². The van der Waals surface area contributed by atoms with Crippen molar-refractivity contribution in [1.29, 1.82) is 0 Å². The van der Waals surface area contributed by atoms with E-state index < -0.39 is 0 Å². The third-order valence-electron chi connectivity index (χ3n) is 4.29. The molecule has 0 radical (unpaired) electrons. The third kappa shape index (κ3) is 3.12. The van der Waals surface area contributed by atoms with Crippen LogP contribution in [0.2, 0.25) is 0 Å². The quantitative estimate of drug-likeness (QED) is 0.883. The maximum atomic E-state index is 4.31. The van der Waals surface area contributed by atoms with Gasteiger partial charge in [0, 0.05) is 24.3 Å². The molecular formula is C14H26N4. The Labute approximate surface area is 110 Å². The van der Waals surface area contributed by atoms with Gasteiger partial charge in [0.05, 0.1) is 6.20 Å². The minimum Gasteiger partial charge on any atom is -0.310 e. The second-order valence-electron chi connectivity index (χ2n) is 5.69. The lowest BCUT2D eigenvalue weighted by Crippen LogP contribution is -2.35. The first-order valence-electron chi connectivity index (χ1n) is 6.98. The molecule has 1 atom stereocenters. The molecule has 1 N–H and O–H groups in total. The largest absolute Gasteiger partial charge is 0.310 e. The van der Waals surface area contributed by atoms with E-state index in [4.69, 9.17) is 0 Å². The first-order chi connectivity index (χ1) is 8.58. The molecule has 0 amide bonds. The van der Waals surface area contributed by atoms with Gasteiger partial charge in [-0.15, -0.1) is 0 Å². The smallest absolute Gasteiger partial charge is 0.0540 e. The number of nitrogens with one attached hydrogen (secondary N) is 1. The summed E-state index contributed by atoms with van der Waals surface area (Å²) in [5.41, 5.74) is 2.59. The summed E-state index contributed by atoms with van der Waals surface area (Å²) in [5, 5.41) is 7.98. The maximum Gasteiger partial charge on any atom is 0.0540 e. The summed E-state index contributed by atoms with van der Waals surface area (Å²) in [7, 11) is 4.22. The lowest BCUT2D eigenvalue weighted by atomic mass is 9.96. The van der Waals surface area contributed by atoms with Crippen LogP contribution in [0.15, 0.2) is 6.20 Å². The Morgan fingerprint density at radius 1 is 1.39 bits per heavy atom. The van der Waals surface area contributed by atoms with E-state index in [1.807, 2.05) is 17.9 Å². The van der Waals surface area contributed by atoms with Gasteiger partial charge >= 0.3 is 0 Å². The Morgan fingerprint density at radius 3 is 2.61 bits per heavy atom. The summed E-state index contributed by atoms with van der Waals surface area (Å²) in [6, 6.07) is 0.401. The topological polar surface area (TPSA) is 33.1 Å². The van der Waals surface area contributed by atoms with Gasteiger partial charge in [-0.1, -0.05) is 0 Å². The average Bonchev–Trinajstić information content (AvgIpc) is 2.69. The standard InChI is InChI=1S/C14H26N4/c1-11(14-10-16-18(4)12(14)2)15-9-13-5-7-17(3)8-6-13/h10-11,13,15H,5-9H2,1-4H3. The Kier molecular flexibility index (Phi) is 4.40. The molecule has 1 unspecified atom stereocenters. The zero-order chi connectivity index (χ0) is 13.1. The molecule has 0 bridgehead atoms. The number of aryl methyl sites for hydroxylation is 1. The second kappa shape index (κ2) is 5.85. The molecule has 0 aromatic carbocycles. The molecule has 1 saturated heterocycles. The number of piperidine rings is 1. The van der Waals surface area contributed by atoms with Crippen molar-refractivity contribution in [3.05, 3.63) is 17.5 Å². The molecule has 0 spiro atoms. The Balaban J connectivity index is 1.81. The SMILES string of the molecule is Cc1c(C(C)NCC2CCN(C)CC2)cnn1C. The minimum atomic E-state index is 0.401. The minimum absolute atomic E-state index is 0.401. The summed E-state index contributed by atoms with van der Waals surface area (Å²) in [6.07, 6.45) is 4.63. The van der Waals surface area contributed by atoms with E-state index in [1.165, 1.54) is 37.2 Å². The van der Waals surface area contributed by atoms with E-state index in [9.17, 15) is 0 Å². The highest BCUT2D eigenvalue weighted by Gasteiger charge is 2.18. The third-order valence-corrected chi connectivity index (χ3v) is 4.29. The summed E-state index contributed by atoms with van der Waals surface area (Å²) in [6.45, 7) is 7.98. The van der Waals surface area contributed by atoms with Crippen molar-refractivity contribution in [2.75, 3.05) is 26.7 Å². The molecule has 1 aliphatic rings. The van der Waals surface area contributed by atoms with Crippen LogP contribution in [-0.4, -0.2) is 41.4 Å². The van der Waals surface area contributed by atoms with Crippen molar-refractivity contribution in [3.63, 3.8) is 0 Å². The lowest BCUT2D eigenvalue weighted by Gasteiger charge is -2.30. The number of aromatic nitrogens is 2. The molecule has 1 fully saturated rings. The van der Waals surface area contributed by atoms with Gasteiger partial charge in [-0.3, -0.25) is 4.68 Å². The molecule has 1 aromatic heterocycles. The average molecular weight is 250 g/mol. The number of rotatable bonds is 4. The highest BCUT2D eigenvalue weighted by Crippen LogP contribution is 2.19. The van der Waals surface area contributed by atoms with Gasteiger partial charge in [-0.25, -0.2) is 0 Å². The number of hydrogen-bond acceptors (Lipinski definition) is 3. The van der Waals surface area contributed by atoms with Crippen LogP contribution in [0.25, 0.3) is 0 Å². The predicted octanol–water partition coefficient (Wildman–Crippen LogP) is 1.72. The van der Waals surface area contributed by atoms with Crippen LogP contribution < -0.4 is 5.32 Å². The summed E-state index contributed by atoms with van der Waals surface area (Å²) < 4.78 is 1.95. The van der Waals surface area contributed by atoms with Gasteiger partial charge in [-0.2, -0.15) is 5.10 Å². The monoisotopic (exact) mass is 250 g/mol. The van der Waals surface area contributed by atoms with Gasteiger partial charge in [0.25, 0.3) is 0 Å². The van der Waals surface area contributed by atoms with Gasteiger partial charge in [0.1, 0.15) is 0 Å². The van der Waals surface area contributed by atoms with Crippen molar-refractivity contribution < 1.29 is 0 Å². The van der Waals surface area contributed by atoms with Crippen molar-refractivity contribution in [2.24, 2.45) is 13.0 Å². The number of nitrogens with zero attached hydrogens (tertiary/aromatic N) is 3. The van der Waals surface area contributed by atoms with E-state index in [2.05, 4.69) is 36.2 Å². The zero-order valence-electron chi connectivity index (χ0n) is 12.1. The molecule has 102 valence electrons. The Hall–Kier alpha value is -0.870. The highest BCUT2D eigenvalue weighted by atomic mass is 15.3.